The molecule has 2 rings (SSSR count). The van der Waals surface area contributed by atoms with Crippen molar-refractivity contribution >= 4 is 24.0 Å². The van der Waals surface area contributed by atoms with Crippen molar-refractivity contribution < 1.29 is 9.84 Å². The maximum atomic E-state index is 11.4. The molecule has 0 saturated carbocycles. The van der Waals surface area contributed by atoms with Gasteiger partial charge in [-0.15, -0.1) is 12.4 Å². The summed E-state index contributed by atoms with van der Waals surface area (Å²) in [5.41, 5.74) is 0.146. The number of aliphatic hydroxyl groups is 1. The third-order valence-electron chi connectivity index (χ3n) is 4.45. The first-order chi connectivity index (χ1) is 10.2. The number of ether oxygens (including phenoxy) is 1. The lowest BCUT2D eigenvalue weighted by Gasteiger charge is -2.39. The molecule has 0 bridgehead atoms. The zero-order valence-corrected chi connectivity index (χ0v) is 14.8. The van der Waals surface area contributed by atoms with Crippen LogP contribution in [0.25, 0.3) is 0 Å². The number of rotatable bonds is 7. The standard InChI is InChI=1S/C17H26ClNO2.ClH/c1-21-11-3-2-9-17(20,15-7-5-10-19-13-15)14-6-4-8-16(18)12-14;/h4,6,8,12,15,19-20H,2-3,5,7,9-11,13H2,1H3;1H/t15-,17-;/m1./s1. The SMILES string of the molecule is COCCCC[C@@](O)(c1cccc(Cl)c1)[C@@H]1CCCNC1.Cl. The molecular formula is C17H27Cl2NO2. The number of hydrogen-bond acceptors (Lipinski definition) is 3. The summed E-state index contributed by atoms with van der Waals surface area (Å²) < 4.78 is 5.11. The largest absolute Gasteiger partial charge is 0.385 e. The minimum Gasteiger partial charge on any atom is -0.385 e. The molecular weight excluding hydrogens is 321 g/mol. The molecule has 0 amide bonds. The van der Waals surface area contributed by atoms with Crippen molar-refractivity contribution in [1.82, 2.24) is 5.32 Å². The third-order valence-corrected chi connectivity index (χ3v) is 4.69. The molecule has 3 nitrogen and oxygen atoms in total. The summed E-state index contributed by atoms with van der Waals surface area (Å²) >= 11 is 6.13. The molecule has 1 aliphatic rings. The molecule has 2 atom stereocenters. The number of benzene rings is 1. The van der Waals surface area contributed by atoms with E-state index in [9.17, 15) is 5.11 Å². The Morgan fingerprint density at radius 2 is 2.23 bits per heavy atom. The van der Waals surface area contributed by atoms with Gasteiger partial charge in [0.05, 0.1) is 5.60 Å². The highest BCUT2D eigenvalue weighted by atomic mass is 35.5. The number of unbranched alkanes of at least 4 members (excludes halogenated alkanes) is 1. The molecule has 1 saturated heterocycles. The van der Waals surface area contributed by atoms with Crippen LogP contribution in [0.5, 0.6) is 0 Å². The summed E-state index contributed by atoms with van der Waals surface area (Å²) in [6.07, 6.45) is 4.85. The second-order valence-electron chi connectivity index (χ2n) is 5.93. The Hall–Kier alpha value is -0.320. The van der Waals surface area contributed by atoms with Crippen LogP contribution in [0.15, 0.2) is 24.3 Å². The molecule has 126 valence electrons. The third kappa shape index (κ3) is 5.10. The Morgan fingerprint density at radius 3 is 2.86 bits per heavy atom. The van der Waals surface area contributed by atoms with Gasteiger partial charge in [-0.05, 0) is 56.3 Å². The van der Waals surface area contributed by atoms with E-state index in [2.05, 4.69) is 5.32 Å². The van der Waals surface area contributed by atoms with E-state index in [1.165, 1.54) is 0 Å². The first-order valence-corrected chi connectivity index (χ1v) is 8.22. The number of piperidine rings is 1. The highest BCUT2D eigenvalue weighted by Crippen LogP contribution is 2.39. The minimum atomic E-state index is -0.800. The van der Waals surface area contributed by atoms with Gasteiger partial charge in [0.2, 0.25) is 0 Å². The molecule has 1 aromatic rings. The van der Waals surface area contributed by atoms with Crippen LogP contribution in [0.3, 0.4) is 0 Å². The van der Waals surface area contributed by atoms with Crippen LogP contribution in [0.4, 0.5) is 0 Å². The molecule has 0 aliphatic carbocycles. The quantitative estimate of drug-likeness (QED) is 0.737. The first kappa shape index (κ1) is 19.7. The van der Waals surface area contributed by atoms with Gasteiger partial charge in [-0.1, -0.05) is 23.7 Å². The fourth-order valence-corrected chi connectivity index (χ4v) is 3.43. The number of hydrogen-bond donors (Lipinski definition) is 2. The fourth-order valence-electron chi connectivity index (χ4n) is 3.24. The van der Waals surface area contributed by atoms with E-state index < -0.39 is 5.60 Å². The van der Waals surface area contributed by atoms with Crippen molar-refractivity contribution in [3.05, 3.63) is 34.9 Å². The summed E-state index contributed by atoms with van der Waals surface area (Å²) in [5.74, 6) is 0.243. The second-order valence-corrected chi connectivity index (χ2v) is 6.36. The van der Waals surface area contributed by atoms with Gasteiger partial charge in [-0.2, -0.15) is 0 Å². The molecule has 0 radical (unpaired) electrons. The predicted octanol–water partition coefficient (Wildman–Crippen LogP) is 3.77. The van der Waals surface area contributed by atoms with Gasteiger partial charge in [-0.3, -0.25) is 0 Å². The Morgan fingerprint density at radius 1 is 1.41 bits per heavy atom. The van der Waals surface area contributed by atoms with Crippen molar-refractivity contribution in [1.29, 1.82) is 0 Å². The summed E-state index contributed by atoms with van der Waals surface area (Å²) in [7, 11) is 1.72. The highest BCUT2D eigenvalue weighted by molar-refractivity contribution is 6.30. The molecule has 2 N–H and O–H groups in total. The average molecular weight is 348 g/mol. The van der Waals surface area contributed by atoms with Crippen molar-refractivity contribution in [2.75, 3.05) is 26.8 Å². The van der Waals surface area contributed by atoms with E-state index in [0.29, 0.717) is 5.02 Å². The van der Waals surface area contributed by atoms with Crippen molar-refractivity contribution in [3.63, 3.8) is 0 Å². The average Bonchev–Trinajstić information content (AvgIpc) is 2.52. The van der Waals surface area contributed by atoms with Crippen LogP contribution in [-0.2, 0) is 10.3 Å². The Bertz CT molecular complexity index is 438. The minimum absolute atomic E-state index is 0. The lowest BCUT2D eigenvalue weighted by molar-refractivity contribution is -0.0434. The Labute approximate surface area is 144 Å². The predicted molar refractivity (Wildman–Crippen MR) is 93.9 cm³/mol. The van der Waals surface area contributed by atoms with Gasteiger partial charge in [-0.25, -0.2) is 0 Å². The Balaban J connectivity index is 0.00000242. The number of halogens is 2. The molecule has 1 fully saturated rings. The van der Waals surface area contributed by atoms with Crippen molar-refractivity contribution in [2.45, 2.75) is 37.7 Å². The van der Waals surface area contributed by atoms with Crippen molar-refractivity contribution in [2.24, 2.45) is 5.92 Å². The zero-order chi connectivity index (χ0) is 15.1. The van der Waals surface area contributed by atoms with Crippen LogP contribution in [0.2, 0.25) is 5.02 Å². The monoisotopic (exact) mass is 347 g/mol. The van der Waals surface area contributed by atoms with Crippen LogP contribution in [0, 0.1) is 5.92 Å². The summed E-state index contributed by atoms with van der Waals surface area (Å²) in [6, 6.07) is 7.69. The lowest BCUT2D eigenvalue weighted by atomic mass is 9.74. The molecule has 22 heavy (non-hydrogen) atoms. The van der Waals surface area contributed by atoms with Crippen LogP contribution < -0.4 is 5.32 Å². The second kappa shape index (κ2) is 9.74. The van der Waals surface area contributed by atoms with E-state index in [1.807, 2.05) is 24.3 Å². The molecule has 5 heteroatoms. The van der Waals surface area contributed by atoms with E-state index in [-0.39, 0.29) is 18.3 Å². The zero-order valence-electron chi connectivity index (χ0n) is 13.2. The lowest BCUT2D eigenvalue weighted by Crippen LogP contribution is -2.44. The first-order valence-electron chi connectivity index (χ1n) is 7.85. The molecule has 1 heterocycles. The van der Waals surface area contributed by atoms with Gasteiger partial charge >= 0.3 is 0 Å². The summed E-state index contributed by atoms with van der Waals surface area (Å²) in [6.45, 7) is 2.66. The van der Waals surface area contributed by atoms with E-state index in [4.69, 9.17) is 16.3 Å². The summed E-state index contributed by atoms with van der Waals surface area (Å²) in [4.78, 5) is 0. The molecule has 0 unspecified atom stereocenters. The summed E-state index contributed by atoms with van der Waals surface area (Å²) in [5, 5.41) is 15.5. The van der Waals surface area contributed by atoms with Crippen LogP contribution in [0.1, 0.15) is 37.7 Å². The topological polar surface area (TPSA) is 41.5 Å². The normalized spacial score (nSPS) is 21.0. The molecule has 1 aromatic carbocycles. The molecule has 1 aliphatic heterocycles. The van der Waals surface area contributed by atoms with Gasteiger partial charge in [0.25, 0.3) is 0 Å². The fraction of sp³-hybridized carbons (Fsp3) is 0.647. The van der Waals surface area contributed by atoms with Crippen LogP contribution in [-0.4, -0.2) is 31.9 Å². The number of methoxy groups -OCH3 is 1. The van der Waals surface area contributed by atoms with E-state index in [1.54, 1.807) is 7.11 Å². The van der Waals surface area contributed by atoms with Crippen molar-refractivity contribution in [3.8, 4) is 0 Å². The Kier molecular flexibility index (Phi) is 8.73. The smallest absolute Gasteiger partial charge is 0.0937 e. The van der Waals surface area contributed by atoms with Gasteiger partial charge in [0.1, 0.15) is 0 Å². The van der Waals surface area contributed by atoms with Gasteiger partial charge in [0, 0.05) is 31.2 Å². The highest BCUT2D eigenvalue weighted by Gasteiger charge is 2.38. The molecule has 0 spiro atoms. The molecule has 0 aromatic heterocycles. The van der Waals surface area contributed by atoms with E-state index >= 15 is 0 Å². The van der Waals surface area contributed by atoms with E-state index in [0.717, 1.165) is 57.4 Å². The van der Waals surface area contributed by atoms with Gasteiger partial charge < -0.3 is 15.2 Å². The van der Waals surface area contributed by atoms with Gasteiger partial charge in [0.15, 0.2) is 0 Å². The maximum absolute atomic E-state index is 11.4. The maximum Gasteiger partial charge on any atom is 0.0937 e. The van der Waals surface area contributed by atoms with Crippen LogP contribution >= 0.6 is 24.0 Å². The number of nitrogens with one attached hydrogen (secondary N) is 1.